The molecule has 184 valence electrons. The van der Waals surface area contributed by atoms with E-state index < -0.39 is 0 Å². The maximum Gasteiger partial charge on any atom is 0.306 e. The highest BCUT2D eigenvalue weighted by atomic mass is 19.1. The fraction of sp³-hybridized carbons (Fsp3) is 0.393. The van der Waals surface area contributed by atoms with Crippen LogP contribution in [0, 0.1) is 11.7 Å². The van der Waals surface area contributed by atoms with E-state index >= 15 is 0 Å². The van der Waals surface area contributed by atoms with Crippen molar-refractivity contribution in [2.75, 3.05) is 14.2 Å². The molecule has 0 aliphatic heterocycles. The molecule has 4 rings (SSSR count). The van der Waals surface area contributed by atoms with Crippen LogP contribution < -0.4 is 9.47 Å². The van der Waals surface area contributed by atoms with Crippen molar-refractivity contribution >= 4 is 5.97 Å². The van der Waals surface area contributed by atoms with Gasteiger partial charge < -0.3 is 14.2 Å². The van der Waals surface area contributed by atoms with Crippen molar-refractivity contribution < 1.29 is 23.4 Å². The summed E-state index contributed by atoms with van der Waals surface area (Å²) in [7, 11) is 2.97. The zero-order chi connectivity index (χ0) is 24.9. The van der Waals surface area contributed by atoms with Gasteiger partial charge in [-0.15, -0.1) is 0 Å². The summed E-state index contributed by atoms with van der Waals surface area (Å²) in [6.07, 6.45) is 4.24. The Balaban J connectivity index is 1.53. The topological polar surface area (TPSA) is 70.5 Å². The number of esters is 1. The predicted molar refractivity (Wildman–Crippen MR) is 131 cm³/mol. The maximum absolute atomic E-state index is 14.6. The molecule has 0 saturated heterocycles. The molecular weight excluding hydrogens is 447 g/mol. The van der Waals surface area contributed by atoms with Gasteiger partial charge in [-0.3, -0.25) is 14.8 Å². The Morgan fingerprint density at radius 3 is 2.60 bits per heavy atom. The van der Waals surface area contributed by atoms with E-state index in [9.17, 15) is 9.18 Å². The Hall–Kier alpha value is -3.48. The molecule has 1 atom stereocenters. The van der Waals surface area contributed by atoms with E-state index in [0.717, 1.165) is 18.4 Å². The molecule has 2 aromatic carbocycles. The van der Waals surface area contributed by atoms with Gasteiger partial charge in [0.05, 0.1) is 43.9 Å². The van der Waals surface area contributed by atoms with Crippen LogP contribution in [-0.4, -0.2) is 30.2 Å². The van der Waals surface area contributed by atoms with Gasteiger partial charge in [-0.25, -0.2) is 4.39 Å². The maximum atomic E-state index is 14.6. The summed E-state index contributed by atoms with van der Waals surface area (Å²) in [5, 5.41) is 0. The number of carbonyl (C=O) groups excluding carboxylic acids is 1. The normalized spacial score (nSPS) is 14.0. The molecule has 0 radical (unpaired) electrons. The molecule has 35 heavy (non-hydrogen) atoms. The molecule has 1 aromatic heterocycles. The minimum Gasteiger partial charge on any atom is -0.497 e. The highest BCUT2D eigenvalue weighted by molar-refractivity contribution is 5.70. The molecule has 1 aliphatic rings. The van der Waals surface area contributed by atoms with Crippen molar-refractivity contribution in [3.05, 3.63) is 71.4 Å². The third-order valence-corrected chi connectivity index (χ3v) is 6.30. The number of rotatable bonds is 10. The fourth-order valence-electron chi connectivity index (χ4n) is 4.24. The first-order valence-corrected chi connectivity index (χ1v) is 11.9. The van der Waals surface area contributed by atoms with Crippen LogP contribution >= 0.6 is 0 Å². The molecule has 0 bridgehead atoms. The molecule has 0 N–H and O–H groups in total. The molecule has 1 saturated carbocycles. The van der Waals surface area contributed by atoms with Crippen LogP contribution in [0.25, 0.3) is 11.3 Å². The van der Waals surface area contributed by atoms with E-state index in [0.29, 0.717) is 46.5 Å². The van der Waals surface area contributed by atoms with Crippen molar-refractivity contribution in [1.29, 1.82) is 0 Å². The van der Waals surface area contributed by atoms with E-state index in [4.69, 9.17) is 19.2 Å². The second-order valence-electron chi connectivity index (χ2n) is 9.18. The summed E-state index contributed by atoms with van der Waals surface area (Å²) in [5.41, 5.74) is 3.28. The van der Waals surface area contributed by atoms with Gasteiger partial charge >= 0.3 is 5.97 Å². The smallest absolute Gasteiger partial charge is 0.306 e. The van der Waals surface area contributed by atoms with E-state index in [1.165, 1.54) is 13.2 Å². The van der Waals surface area contributed by atoms with Crippen molar-refractivity contribution in [2.24, 2.45) is 5.92 Å². The number of carbonyl (C=O) groups is 1. The average Bonchev–Trinajstić information content (AvgIpc) is 3.71. The van der Waals surface area contributed by atoms with Crippen molar-refractivity contribution in [1.82, 2.24) is 9.97 Å². The van der Waals surface area contributed by atoms with Crippen molar-refractivity contribution in [3.63, 3.8) is 0 Å². The average molecular weight is 479 g/mol. The summed E-state index contributed by atoms with van der Waals surface area (Å²) in [6, 6.07) is 12.4. The number of nitrogens with zero attached hydrogens (tertiary/aromatic N) is 2. The zero-order valence-electron chi connectivity index (χ0n) is 20.6. The van der Waals surface area contributed by atoms with E-state index in [2.05, 4.69) is 4.98 Å². The first-order chi connectivity index (χ1) is 16.9. The monoisotopic (exact) mass is 478 g/mol. The van der Waals surface area contributed by atoms with Crippen molar-refractivity contribution in [3.8, 4) is 22.8 Å². The van der Waals surface area contributed by atoms with Crippen molar-refractivity contribution in [2.45, 2.75) is 51.6 Å². The molecule has 3 aromatic rings. The first-order valence-electron chi connectivity index (χ1n) is 11.9. The second kappa shape index (κ2) is 10.8. The molecule has 7 heteroatoms. The Bertz CT molecular complexity index is 1190. The summed E-state index contributed by atoms with van der Waals surface area (Å²) < 4.78 is 30.8. The molecule has 6 nitrogen and oxygen atoms in total. The van der Waals surface area contributed by atoms with Gasteiger partial charge in [-0.1, -0.05) is 26.0 Å². The highest BCUT2D eigenvalue weighted by Gasteiger charge is 2.34. The number of hydrogen-bond donors (Lipinski definition) is 0. The number of methoxy groups -OCH3 is 2. The third-order valence-electron chi connectivity index (χ3n) is 6.30. The summed E-state index contributed by atoms with van der Waals surface area (Å²) in [6.45, 7) is 4.22. The van der Waals surface area contributed by atoms with Gasteiger partial charge in [0, 0.05) is 5.56 Å². The number of benzene rings is 2. The van der Waals surface area contributed by atoms with Gasteiger partial charge in [-0.05, 0) is 66.5 Å². The highest BCUT2D eigenvalue weighted by Crippen LogP contribution is 2.45. The summed E-state index contributed by atoms with van der Waals surface area (Å²) in [4.78, 5) is 21.2. The lowest BCUT2D eigenvalue weighted by Crippen LogP contribution is -2.11. The standard InChI is InChI=1S/C28H31FN2O4/c1-17(2)27-28(24-13-21(33-3)10-11-25(24)29)30-15-20(31-27)16-35-22-7-5-6-19(12-22)23(18-8-9-18)14-26(32)34-4/h5-7,10-13,15,17-18,23H,8-9,14,16H2,1-4H3. The Morgan fingerprint density at radius 2 is 1.91 bits per heavy atom. The first kappa shape index (κ1) is 24.6. The summed E-state index contributed by atoms with van der Waals surface area (Å²) in [5.74, 6) is 1.36. The van der Waals surface area contributed by atoms with Crippen LogP contribution in [0.1, 0.15) is 61.9 Å². The lowest BCUT2D eigenvalue weighted by Gasteiger charge is -2.17. The fourth-order valence-corrected chi connectivity index (χ4v) is 4.24. The SMILES string of the molecule is COC(=O)CC(c1cccc(OCc2cnc(-c3cc(OC)ccc3F)c(C(C)C)n2)c1)C1CC1. The van der Waals surface area contributed by atoms with Gasteiger partial charge in [0.25, 0.3) is 0 Å². The molecule has 0 spiro atoms. The van der Waals surface area contributed by atoms with E-state index in [-0.39, 0.29) is 30.2 Å². The second-order valence-corrected chi connectivity index (χ2v) is 9.18. The lowest BCUT2D eigenvalue weighted by atomic mass is 9.91. The number of ether oxygens (including phenoxy) is 3. The molecular formula is C28H31FN2O4. The molecule has 0 amide bonds. The largest absolute Gasteiger partial charge is 0.497 e. The van der Waals surface area contributed by atoms with Crippen LogP contribution in [0.3, 0.4) is 0 Å². The Kier molecular flexibility index (Phi) is 7.63. The van der Waals surface area contributed by atoms with Crippen LogP contribution in [0.5, 0.6) is 11.5 Å². The van der Waals surface area contributed by atoms with E-state index in [1.54, 1.807) is 25.4 Å². The van der Waals surface area contributed by atoms with Crippen LogP contribution in [0.15, 0.2) is 48.7 Å². The van der Waals surface area contributed by atoms with E-state index in [1.807, 2.05) is 38.1 Å². The minimum absolute atomic E-state index is 0.0315. The summed E-state index contributed by atoms with van der Waals surface area (Å²) >= 11 is 0. The van der Waals surface area contributed by atoms with Crippen LogP contribution in [-0.2, 0) is 16.1 Å². The van der Waals surface area contributed by atoms with Gasteiger partial charge in [0.1, 0.15) is 23.9 Å². The quantitative estimate of drug-likeness (QED) is 0.330. The third kappa shape index (κ3) is 5.96. The zero-order valence-corrected chi connectivity index (χ0v) is 20.6. The van der Waals surface area contributed by atoms with Gasteiger partial charge in [-0.2, -0.15) is 0 Å². The predicted octanol–water partition coefficient (Wildman–Crippen LogP) is 6.05. The molecule has 1 fully saturated rings. The molecule has 1 aliphatic carbocycles. The van der Waals surface area contributed by atoms with Gasteiger partial charge in [0.2, 0.25) is 0 Å². The molecule has 1 heterocycles. The minimum atomic E-state index is -0.375. The number of aromatic nitrogens is 2. The number of halogens is 1. The Labute approximate surface area is 205 Å². The lowest BCUT2D eigenvalue weighted by molar-refractivity contribution is -0.141. The molecule has 1 unspecified atom stereocenters. The Morgan fingerprint density at radius 1 is 1.11 bits per heavy atom. The van der Waals surface area contributed by atoms with Crippen LogP contribution in [0.2, 0.25) is 0 Å². The van der Waals surface area contributed by atoms with Crippen LogP contribution in [0.4, 0.5) is 4.39 Å². The van der Waals surface area contributed by atoms with Gasteiger partial charge in [0.15, 0.2) is 0 Å². The number of hydrogen-bond acceptors (Lipinski definition) is 6.